The van der Waals surface area contributed by atoms with Crippen molar-refractivity contribution in [2.75, 3.05) is 13.7 Å². The molecule has 0 aromatic rings. The van der Waals surface area contributed by atoms with Crippen molar-refractivity contribution in [1.82, 2.24) is 0 Å². The zero-order valence-electron chi connectivity index (χ0n) is 9.08. The molecule has 0 saturated heterocycles. The summed E-state index contributed by atoms with van der Waals surface area (Å²) in [5.74, 6) is 3.06. The molecule has 0 spiro atoms. The minimum absolute atomic E-state index is 0.475. The lowest BCUT2D eigenvalue weighted by Crippen LogP contribution is -2.26. The van der Waals surface area contributed by atoms with Gasteiger partial charge in [-0.15, -0.1) is 0 Å². The molecule has 0 radical (unpaired) electrons. The van der Waals surface area contributed by atoms with Crippen LogP contribution in [0.3, 0.4) is 0 Å². The van der Waals surface area contributed by atoms with E-state index >= 15 is 0 Å². The van der Waals surface area contributed by atoms with Gasteiger partial charge in [0, 0.05) is 7.11 Å². The highest BCUT2D eigenvalue weighted by Crippen LogP contribution is 2.58. The lowest BCUT2D eigenvalue weighted by atomic mass is 9.72. The van der Waals surface area contributed by atoms with E-state index in [0.29, 0.717) is 5.41 Å². The molecule has 74 valence electrons. The van der Waals surface area contributed by atoms with Gasteiger partial charge >= 0.3 is 0 Å². The van der Waals surface area contributed by atoms with Gasteiger partial charge in [0.2, 0.25) is 0 Å². The average molecular weight is 180 g/mol. The van der Waals surface area contributed by atoms with E-state index in [0.717, 1.165) is 30.3 Å². The SMILES string of the molecule is COCC1C2C=CC1C(C)(C)C2C. The Morgan fingerprint density at radius 2 is 2.00 bits per heavy atom. The molecular formula is C12H20O. The number of methoxy groups -OCH3 is 1. The van der Waals surface area contributed by atoms with Crippen LogP contribution in [0.4, 0.5) is 0 Å². The fraction of sp³-hybridized carbons (Fsp3) is 0.833. The Balaban J connectivity index is 2.22. The molecule has 0 aliphatic heterocycles. The molecule has 4 atom stereocenters. The first-order valence-electron chi connectivity index (χ1n) is 5.26. The van der Waals surface area contributed by atoms with Crippen LogP contribution in [0.2, 0.25) is 0 Å². The van der Waals surface area contributed by atoms with E-state index < -0.39 is 0 Å². The van der Waals surface area contributed by atoms with Crippen LogP contribution in [0.25, 0.3) is 0 Å². The lowest BCUT2D eigenvalue weighted by Gasteiger charge is -2.32. The Morgan fingerprint density at radius 1 is 1.31 bits per heavy atom. The van der Waals surface area contributed by atoms with Crippen molar-refractivity contribution in [2.24, 2.45) is 29.1 Å². The number of allylic oxidation sites excluding steroid dienone is 2. The third-order valence-electron chi connectivity index (χ3n) is 4.47. The molecule has 2 rings (SSSR count). The summed E-state index contributed by atoms with van der Waals surface area (Å²) in [5, 5.41) is 0. The predicted molar refractivity (Wildman–Crippen MR) is 54.4 cm³/mol. The molecule has 1 heteroatoms. The number of rotatable bonds is 2. The van der Waals surface area contributed by atoms with E-state index in [-0.39, 0.29) is 0 Å². The second-order valence-electron chi connectivity index (χ2n) is 5.22. The fourth-order valence-corrected chi connectivity index (χ4v) is 3.32. The molecule has 1 nitrogen and oxygen atoms in total. The second kappa shape index (κ2) is 2.84. The van der Waals surface area contributed by atoms with Gasteiger partial charge in [0.15, 0.2) is 0 Å². The highest BCUT2D eigenvalue weighted by atomic mass is 16.5. The number of ether oxygens (including phenoxy) is 1. The Kier molecular flexibility index (Phi) is 2.03. The van der Waals surface area contributed by atoms with Crippen LogP contribution in [0.1, 0.15) is 20.8 Å². The van der Waals surface area contributed by atoms with E-state index in [1.807, 2.05) is 7.11 Å². The molecule has 2 aliphatic carbocycles. The van der Waals surface area contributed by atoms with Gasteiger partial charge in [-0.1, -0.05) is 32.9 Å². The van der Waals surface area contributed by atoms with Gasteiger partial charge in [-0.25, -0.2) is 0 Å². The molecular weight excluding hydrogens is 160 g/mol. The quantitative estimate of drug-likeness (QED) is 0.594. The molecule has 13 heavy (non-hydrogen) atoms. The first-order chi connectivity index (χ1) is 6.09. The molecule has 4 unspecified atom stereocenters. The van der Waals surface area contributed by atoms with Crippen molar-refractivity contribution in [3.8, 4) is 0 Å². The maximum atomic E-state index is 5.31. The average Bonchev–Trinajstić information content (AvgIpc) is 2.53. The van der Waals surface area contributed by atoms with Crippen molar-refractivity contribution < 1.29 is 4.74 Å². The molecule has 1 fully saturated rings. The first kappa shape index (κ1) is 9.26. The van der Waals surface area contributed by atoms with E-state index in [1.165, 1.54) is 0 Å². The van der Waals surface area contributed by atoms with Crippen LogP contribution in [-0.2, 0) is 4.74 Å². The van der Waals surface area contributed by atoms with E-state index in [4.69, 9.17) is 4.74 Å². The van der Waals surface area contributed by atoms with Gasteiger partial charge < -0.3 is 4.74 Å². The summed E-state index contributed by atoms with van der Waals surface area (Å²) in [6, 6.07) is 0. The smallest absolute Gasteiger partial charge is 0.0502 e. The van der Waals surface area contributed by atoms with Crippen molar-refractivity contribution in [2.45, 2.75) is 20.8 Å². The summed E-state index contributed by atoms with van der Waals surface area (Å²) in [5.41, 5.74) is 0.475. The molecule has 0 aromatic heterocycles. The summed E-state index contributed by atoms with van der Waals surface area (Å²) in [6.07, 6.45) is 4.82. The molecule has 0 N–H and O–H groups in total. The van der Waals surface area contributed by atoms with Crippen molar-refractivity contribution in [3.63, 3.8) is 0 Å². The number of hydrogen-bond acceptors (Lipinski definition) is 1. The molecule has 2 bridgehead atoms. The maximum Gasteiger partial charge on any atom is 0.0502 e. The van der Waals surface area contributed by atoms with E-state index in [2.05, 4.69) is 32.9 Å². The monoisotopic (exact) mass is 180 g/mol. The minimum atomic E-state index is 0.475. The fourth-order valence-electron chi connectivity index (χ4n) is 3.32. The Bertz CT molecular complexity index is 229. The van der Waals surface area contributed by atoms with Gasteiger partial charge in [-0.05, 0) is 29.1 Å². The van der Waals surface area contributed by atoms with Crippen molar-refractivity contribution >= 4 is 0 Å². The zero-order valence-corrected chi connectivity index (χ0v) is 9.08. The summed E-state index contributed by atoms with van der Waals surface area (Å²) >= 11 is 0. The van der Waals surface area contributed by atoms with Gasteiger partial charge in [0.05, 0.1) is 6.61 Å². The highest BCUT2D eigenvalue weighted by Gasteiger charge is 2.53. The van der Waals surface area contributed by atoms with E-state index in [1.54, 1.807) is 0 Å². The van der Waals surface area contributed by atoms with Crippen LogP contribution in [0.15, 0.2) is 12.2 Å². The normalized spacial score (nSPS) is 45.8. The summed E-state index contributed by atoms with van der Waals surface area (Å²) in [6.45, 7) is 8.11. The van der Waals surface area contributed by atoms with Gasteiger partial charge in [-0.3, -0.25) is 0 Å². The van der Waals surface area contributed by atoms with Crippen LogP contribution >= 0.6 is 0 Å². The van der Waals surface area contributed by atoms with Crippen molar-refractivity contribution in [3.05, 3.63) is 12.2 Å². The largest absolute Gasteiger partial charge is 0.384 e. The van der Waals surface area contributed by atoms with Gasteiger partial charge in [0.25, 0.3) is 0 Å². The second-order valence-corrected chi connectivity index (χ2v) is 5.22. The first-order valence-corrected chi connectivity index (χ1v) is 5.26. The molecule has 0 heterocycles. The number of hydrogen-bond donors (Lipinski definition) is 0. The van der Waals surface area contributed by atoms with Gasteiger partial charge in [0.1, 0.15) is 0 Å². The van der Waals surface area contributed by atoms with Crippen LogP contribution in [-0.4, -0.2) is 13.7 Å². The lowest BCUT2D eigenvalue weighted by molar-refractivity contribution is 0.124. The molecule has 0 aromatic carbocycles. The molecule has 0 amide bonds. The molecule has 2 aliphatic rings. The van der Waals surface area contributed by atoms with Crippen LogP contribution in [0.5, 0.6) is 0 Å². The number of fused-ring (bicyclic) bond motifs is 2. The summed E-state index contributed by atoms with van der Waals surface area (Å²) in [7, 11) is 1.81. The Morgan fingerprint density at radius 3 is 2.46 bits per heavy atom. The topological polar surface area (TPSA) is 9.23 Å². The summed E-state index contributed by atoms with van der Waals surface area (Å²) in [4.78, 5) is 0. The van der Waals surface area contributed by atoms with Crippen LogP contribution in [0, 0.1) is 29.1 Å². The van der Waals surface area contributed by atoms with Gasteiger partial charge in [-0.2, -0.15) is 0 Å². The summed E-state index contributed by atoms with van der Waals surface area (Å²) < 4.78 is 5.31. The third-order valence-corrected chi connectivity index (χ3v) is 4.47. The standard InChI is InChI=1S/C12H20O/c1-8-9-5-6-11(12(8,2)3)10(9)7-13-4/h5-6,8-11H,7H2,1-4H3. The minimum Gasteiger partial charge on any atom is -0.384 e. The zero-order chi connectivity index (χ0) is 9.64. The highest BCUT2D eigenvalue weighted by molar-refractivity contribution is 5.19. The Labute approximate surface area is 81.2 Å². The predicted octanol–water partition coefficient (Wildman–Crippen LogP) is 2.73. The maximum absolute atomic E-state index is 5.31. The third kappa shape index (κ3) is 1.10. The van der Waals surface area contributed by atoms with E-state index in [9.17, 15) is 0 Å². The van der Waals surface area contributed by atoms with Crippen LogP contribution < -0.4 is 0 Å². The van der Waals surface area contributed by atoms with Crippen molar-refractivity contribution in [1.29, 1.82) is 0 Å². The Hall–Kier alpha value is -0.300. The molecule has 1 saturated carbocycles.